The van der Waals surface area contributed by atoms with E-state index in [1.807, 2.05) is 34.6 Å². The van der Waals surface area contributed by atoms with Crippen molar-refractivity contribution < 1.29 is 4.79 Å². The van der Waals surface area contributed by atoms with Gasteiger partial charge in [0.25, 0.3) is 0 Å². The van der Waals surface area contributed by atoms with Crippen LogP contribution < -0.4 is 10.6 Å². The third kappa shape index (κ3) is 6.14. The first-order valence-corrected chi connectivity index (χ1v) is 5.26. The number of hydrogen-bond donors (Lipinski definition) is 2. The smallest absolute Gasteiger partial charge is 0.234 e. The van der Waals surface area contributed by atoms with E-state index >= 15 is 0 Å². The fourth-order valence-corrected chi connectivity index (χ4v) is 0.862. The summed E-state index contributed by atoms with van der Waals surface area (Å²) in [6.45, 7) is 10.0. The van der Waals surface area contributed by atoms with E-state index in [1.165, 1.54) is 0 Å². The van der Waals surface area contributed by atoms with Gasteiger partial charge >= 0.3 is 0 Å². The molecule has 0 saturated heterocycles. The molecule has 0 saturated carbocycles. The van der Waals surface area contributed by atoms with Gasteiger partial charge in [-0.25, -0.2) is 0 Å². The van der Waals surface area contributed by atoms with Crippen LogP contribution >= 0.6 is 0 Å². The van der Waals surface area contributed by atoms with Gasteiger partial charge in [0.15, 0.2) is 0 Å². The van der Waals surface area contributed by atoms with E-state index < -0.39 is 5.54 Å². The predicted octanol–water partition coefficient (Wildman–Crippen LogP) is 1.29. The highest BCUT2D eigenvalue weighted by Gasteiger charge is 2.19. The third-order valence-corrected chi connectivity index (χ3v) is 2.41. The molecule has 0 aliphatic rings. The molecule has 0 fully saturated rings. The second-order valence-electron chi connectivity index (χ2n) is 4.91. The zero-order chi connectivity index (χ0) is 12.1. The maximum Gasteiger partial charge on any atom is 0.234 e. The second-order valence-corrected chi connectivity index (χ2v) is 4.91. The topological polar surface area (TPSA) is 41.1 Å². The maximum atomic E-state index is 11.5. The van der Waals surface area contributed by atoms with Gasteiger partial charge in [-0.3, -0.25) is 10.1 Å². The van der Waals surface area contributed by atoms with Gasteiger partial charge in [0, 0.05) is 5.54 Å². The first kappa shape index (κ1) is 14.0. The van der Waals surface area contributed by atoms with Crippen LogP contribution in [0.25, 0.3) is 0 Å². The molecule has 15 heavy (non-hydrogen) atoms. The lowest BCUT2D eigenvalue weighted by Crippen LogP contribution is -2.50. The Bertz CT molecular complexity index is 261. The van der Waals surface area contributed by atoms with Crippen molar-refractivity contribution in [3.8, 4) is 12.3 Å². The van der Waals surface area contributed by atoms with E-state index in [-0.39, 0.29) is 18.0 Å². The molecular weight excluding hydrogens is 188 g/mol. The second kappa shape index (κ2) is 5.18. The summed E-state index contributed by atoms with van der Waals surface area (Å²) in [6, 6.07) is 0. The highest BCUT2D eigenvalue weighted by Crippen LogP contribution is 2.06. The minimum Gasteiger partial charge on any atom is -0.350 e. The average Bonchev–Trinajstić information content (AvgIpc) is 2.15. The first-order valence-electron chi connectivity index (χ1n) is 5.26. The van der Waals surface area contributed by atoms with E-state index in [4.69, 9.17) is 6.42 Å². The molecule has 0 aliphatic heterocycles. The summed E-state index contributed by atoms with van der Waals surface area (Å²) in [5.41, 5.74) is -0.591. The molecule has 3 heteroatoms. The predicted molar refractivity (Wildman–Crippen MR) is 63.4 cm³/mol. The van der Waals surface area contributed by atoms with Gasteiger partial charge in [0.05, 0.1) is 12.1 Å². The van der Waals surface area contributed by atoms with Crippen LogP contribution in [0.15, 0.2) is 0 Å². The Morgan fingerprint density at radius 2 is 1.87 bits per heavy atom. The minimum atomic E-state index is -0.437. The molecule has 0 unspecified atom stereocenters. The van der Waals surface area contributed by atoms with Crippen LogP contribution in [-0.4, -0.2) is 23.5 Å². The van der Waals surface area contributed by atoms with Crippen LogP contribution in [0.1, 0.15) is 41.0 Å². The lowest BCUT2D eigenvalue weighted by Gasteiger charge is -2.26. The van der Waals surface area contributed by atoms with Crippen molar-refractivity contribution in [3.63, 3.8) is 0 Å². The minimum absolute atomic E-state index is 0.0230. The summed E-state index contributed by atoms with van der Waals surface area (Å²) in [5.74, 6) is 2.56. The Labute approximate surface area is 93.0 Å². The Kier molecular flexibility index (Phi) is 4.83. The van der Waals surface area contributed by atoms with Crippen LogP contribution in [0.4, 0.5) is 0 Å². The monoisotopic (exact) mass is 210 g/mol. The van der Waals surface area contributed by atoms with Gasteiger partial charge in [-0.1, -0.05) is 12.8 Å². The van der Waals surface area contributed by atoms with Crippen LogP contribution in [0, 0.1) is 12.3 Å². The van der Waals surface area contributed by atoms with Crippen molar-refractivity contribution in [1.29, 1.82) is 0 Å². The number of carbonyl (C=O) groups excluding carboxylic acids is 1. The number of nitrogens with one attached hydrogen (secondary N) is 2. The Balaban J connectivity index is 4.03. The highest BCUT2D eigenvalue weighted by atomic mass is 16.2. The Hall–Kier alpha value is -1.01. The largest absolute Gasteiger partial charge is 0.350 e. The van der Waals surface area contributed by atoms with Crippen LogP contribution in [0.3, 0.4) is 0 Å². The molecule has 0 aromatic carbocycles. The number of terminal acetylenes is 1. The maximum absolute atomic E-state index is 11.5. The van der Waals surface area contributed by atoms with Crippen molar-refractivity contribution in [3.05, 3.63) is 0 Å². The quantitative estimate of drug-likeness (QED) is 0.671. The Morgan fingerprint density at radius 1 is 1.33 bits per heavy atom. The van der Waals surface area contributed by atoms with Gasteiger partial charge < -0.3 is 5.32 Å². The molecule has 0 rings (SSSR count). The van der Waals surface area contributed by atoms with E-state index in [2.05, 4.69) is 16.6 Å². The molecular formula is C12H22N2O. The third-order valence-electron chi connectivity index (χ3n) is 2.41. The van der Waals surface area contributed by atoms with Gasteiger partial charge in [-0.05, 0) is 34.1 Å². The van der Waals surface area contributed by atoms with Gasteiger partial charge in [-0.15, -0.1) is 6.42 Å². The van der Waals surface area contributed by atoms with E-state index in [1.54, 1.807) is 0 Å². The zero-order valence-corrected chi connectivity index (χ0v) is 10.4. The summed E-state index contributed by atoms with van der Waals surface area (Å²) < 4.78 is 0. The molecule has 0 heterocycles. The number of carbonyl (C=O) groups is 1. The van der Waals surface area contributed by atoms with Crippen LogP contribution in [-0.2, 0) is 4.79 Å². The van der Waals surface area contributed by atoms with E-state index in [0.717, 1.165) is 6.42 Å². The fraction of sp³-hybridized carbons (Fsp3) is 0.750. The van der Waals surface area contributed by atoms with E-state index in [9.17, 15) is 4.79 Å². The number of hydrogen-bond acceptors (Lipinski definition) is 2. The summed E-state index contributed by atoms with van der Waals surface area (Å²) in [4.78, 5) is 11.5. The average molecular weight is 210 g/mol. The van der Waals surface area contributed by atoms with Crippen LogP contribution in [0.5, 0.6) is 0 Å². The van der Waals surface area contributed by atoms with Gasteiger partial charge in [-0.2, -0.15) is 0 Å². The highest BCUT2D eigenvalue weighted by molar-refractivity contribution is 5.78. The normalized spacial score (nSPS) is 12.0. The molecule has 2 N–H and O–H groups in total. The molecule has 0 atom stereocenters. The lowest BCUT2D eigenvalue weighted by atomic mass is 10.0. The van der Waals surface area contributed by atoms with Crippen molar-refractivity contribution in [2.24, 2.45) is 0 Å². The molecule has 0 spiro atoms. The molecule has 0 radical (unpaired) electrons. The van der Waals surface area contributed by atoms with E-state index in [0.29, 0.717) is 0 Å². The lowest BCUT2D eigenvalue weighted by molar-refractivity contribution is -0.122. The summed E-state index contributed by atoms with van der Waals surface area (Å²) in [7, 11) is 0. The SMILES string of the molecule is C#CC(C)(C)NCC(=O)NC(C)(C)CC. The van der Waals surface area contributed by atoms with Crippen molar-refractivity contribution >= 4 is 5.91 Å². The molecule has 3 nitrogen and oxygen atoms in total. The van der Waals surface area contributed by atoms with Crippen molar-refractivity contribution in [2.75, 3.05) is 6.54 Å². The number of amides is 1. The van der Waals surface area contributed by atoms with Gasteiger partial charge in [0.1, 0.15) is 0 Å². The van der Waals surface area contributed by atoms with Crippen molar-refractivity contribution in [2.45, 2.75) is 52.1 Å². The standard InChI is InChI=1S/C12H22N2O/c1-7-11(3,4)13-9-10(15)14-12(5,6)8-2/h1,13H,8-9H2,2-6H3,(H,14,15). The van der Waals surface area contributed by atoms with Crippen molar-refractivity contribution in [1.82, 2.24) is 10.6 Å². The molecule has 0 bridgehead atoms. The summed E-state index contributed by atoms with van der Waals surface area (Å²) >= 11 is 0. The summed E-state index contributed by atoms with van der Waals surface area (Å²) in [6.07, 6.45) is 6.20. The number of rotatable bonds is 5. The molecule has 1 amide bonds. The molecule has 86 valence electrons. The summed E-state index contributed by atoms with van der Waals surface area (Å²) in [5, 5.41) is 5.94. The molecule has 0 aromatic rings. The molecule has 0 aliphatic carbocycles. The van der Waals surface area contributed by atoms with Crippen LogP contribution in [0.2, 0.25) is 0 Å². The zero-order valence-electron chi connectivity index (χ0n) is 10.4. The fourth-order valence-electron chi connectivity index (χ4n) is 0.862. The Morgan fingerprint density at radius 3 is 2.27 bits per heavy atom. The van der Waals surface area contributed by atoms with Gasteiger partial charge in [0.2, 0.25) is 5.91 Å². The first-order chi connectivity index (χ1) is 6.72. The molecule has 0 aromatic heterocycles.